The van der Waals surface area contributed by atoms with Crippen molar-refractivity contribution < 1.29 is 13.9 Å². The molecule has 20 heavy (non-hydrogen) atoms. The van der Waals surface area contributed by atoms with Crippen LogP contribution in [-0.2, 0) is 4.74 Å². The molecule has 1 heterocycles. The van der Waals surface area contributed by atoms with Crippen molar-refractivity contribution >= 4 is 17.0 Å². The van der Waals surface area contributed by atoms with E-state index in [1.54, 1.807) is 30.3 Å². The maximum absolute atomic E-state index is 13.2. The number of fused-ring (bicyclic) bond motifs is 1. The van der Waals surface area contributed by atoms with Crippen molar-refractivity contribution in [3.8, 4) is 11.4 Å². The molecule has 0 radical (unpaired) electrons. The van der Waals surface area contributed by atoms with Gasteiger partial charge in [0, 0.05) is 5.56 Å². The molecule has 1 aromatic heterocycles. The normalized spacial score (nSPS) is 10.7. The van der Waals surface area contributed by atoms with Crippen LogP contribution >= 0.6 is 0 Å². The van der Waals surface area contributed by atoms with Gasteiger partial charge >= 0.3 is 5.97 Å². The van der Waals surface area contributed by atoms with Crippen LogP contribution in [-0.4, -0.2) is 23.0 Å². The molecule has 2 aromatic carbocycles. The monoisotopic (exact) mass is 270 g/mol. The largest absolute Gasteiger partial charge is 0.465 e. The van der Waals surface area contributed by atoms with E-state index in [2.05, 4.69) is 14.7 Å². The standard InChI is InChI=1S/C15H11FN2O2/c1-20-15(19)10-5-6-12-13(8-10)18-14(17-12)9-3-2-4-11(16)7-9/h2-8H,1H3,(H,17,18). The lowest BCUT2D eigenvalue weighted by Gasteiger charge is -1.97. The molecule has 0 saturated heterocycles. The number of H-pyrrole nitrogens is 1. The molecule has 1 N–H and O–H groups in total. The van der Waals surface area contributed by atoms with Gasteiger partial charge < -0.3 is 9.72 Å². The number of carbonyl (C=O) groups excluding carboxylic acids is 1. The number of carbonyl (C=O) groups is 1. The van der Waals surface area contributed by atoms with Crippen LogP contribution in [0.15, 0.2) is 42.5 Å². The van der Waals surface area contributed by atoms with E-state index in [4.69, 9.17) is 0 Å². The SMILES string of the molecule is COC(=O)c1ccc2nc(-c3cccc(F)c3)[nH]c2c1. The van der Waals surface area contributed by atoms with Crippen molar-refractivity contribution in [1.29, 1.82) is 0 Å². The molecular formula is C15H11FN2O2. The van der Waals surface area contributed by atoms with E-state index in [1.807, 2.05) is 0 Å². The number of hydrogen-bond donors (Lipinski definition) is 1. The molecule has 0 aliphatic rings. The summed E-state index contributed by atoms with van der Waals surface area (Å²) in [4.78, 5) is 18.9. The third kappa shape index (κ3) is 2.14. The molecule has 0 atom stereocenters. The van der Waals surface area contributed by atoms with E-state index in [0.717, 1.165) is 0 Å². The van der Waals surface area contributed by atoms with Crippen LogP contribution in [0.25, 0.3) is 22.4 Å². The molecule has 5 heteroatoms. The molecule has 4 nitrogen and oxygen atoms in total. The molecule has 0 amide bonds. The summed E-state index contributed by atoms with van der Waals surface area (Å²) in [5.41, 5.74) is 2.50. The zero-order valence-electron chi connectivity index (χ0n) is 10.7. The third-order valence-corrected chi connectivity index (χ3v) is 3.00. The number of nitrogens with one attached hydrogen (secondary N) is 1. The molecule has 0 spiro atoms. The predicted octanol–water partition coefficient (Wildman–Crippen LogP) is 3.16. The Bertz CT molecular complexity index is 795. The molecule has 0 bridgehead atoms. The van der Waals surface area contributed by atoms with Gasteiger partial charge in [0.05, 0.1) is 23.7 Å². The highest BCUT2D eigenvalue weighted by molar-refractivity contribution is 5.94. The molecule has 0 aliphatic heterocycles. The van der Waals surface area contributed by atoms with E-state index in [1.165, 1.54) is 19.2 Å². The minimum Gasteiger partial charge on any atom is -0.465 e. The summed E-state index contributed by atoms with van der Waals surface area (Å²) in [6, 6.07) is 11.2. The number of hydrogen-bond acceptors (Lipinski definition) is 3. The highest BCUT2D eigenvalue weighted by atomic mass is 19.1. The summed E-state index contributed by atoms with van der Waals surface area (Å²) in [5.74, 6) is -0.173. The highest BCUT2D eigenvalue weighted by Crippen LogP contribution is 2.22. The number of nitrogens with zero attached hydrogens (tertiary/aromatic N) is 1. The van der Waals surface area contributed by atoms with Crippen molar-refractivity contribution in [3.05, 3.63) is 53.8 Å². The minimum absolute atomic E-state index is 0.321. The van der Waals surface area contributed by atoms with Crippen molar-refractivity contribution in [3.63, 3.8) is 0 Å². The maximum atomic E-state index is 13.2. The first-order valence-corrected chi connectivity index (χ1v) is 6.01. The lowest BCUT2D eigenvalue weighted by molar-refractivity contribution is 0.0601. The summed E-state index contributed by atoms with van der Waals surface area (Å²) >= 11 is 0. The fourth-order valence-electron chi connectivity index (χ4n) is 2.03. The fraction of sp³-hybridized carbons (Fsp3) is 0.0667. The van der Waals surface area contributed by atoms with Crippen LogP contribution in [0, 0.1) is 5.82 Å². The zero-order valence-corrected chi connectivity index (χ0v) is 10.7. The van der Waals surface area contributed by atoms with Crippen LogP contribution in [0.2, 0.25) is 0 Å². The Morgan fingerprint density at radius 3 is 2.85 bits per heavy atom. The van der Waals surface area contributed by atoms with E-state index in [0.29, 0.717) is 28.0 Å². The van der Waals surface area contributed by atoms with Gasteiger partial charge in [0.1, 0.15) is 11.6 Å². The van der Waals surface area contributed by atoms with Gasteiger partial charge in [0.25, 0.3) is 0 Å². The Labute approximate surface area is 114 Å². The zero-order chi connectivity index (χ0) is 14.1. The van der Waals surface area contributed by atoms with E-state index in [9.17, 15) is 9.18 Å². The molecule has 0 unspecified atom stereocenters. The highest BCUT2D eigenvalue weighted by Gasteiger charge is 2.10. The number of methoxy groups -OCH3 is 1. The Kier molecular flexibility index (Phi) is 2.95. The fourth-order valence-corrected chi connectivity index (χ4v) is 2.03. The Morgan fingerprint density at radius 2 is 2.10 bits per heavy atom. The molecule has 0 fully saturated rings. The van der Waals surface area contributed by atoms with Crippen LogP contribution in [0.3, 0.4) is 0 Å². The Hall–Kier alpha value is -2.69. The second-order valence-corrected chi connectivity index (χ2v) is 4.32. The van der Waals surface area contributed by atoms with Crippen LogP contribution in [0.5, 0.6) is 0 Å². The number of aromatic amines is 1. The van der Waals surface area contributed by atoms with Crippen molar-refractivity contribution in [2.75, 3.05) is 7.11 Å². The molecule has 100 valence electrons. The minimum atomic E-state index is -0.409. The second kappa shape index (κ2) is 4.77. The first-order chi connectivity index (χ1) is 9.67. The number of halogens is 1. The van der Waals surface area contributed by atoms with Gasteiger partial charge in [-0.3, -0.25) is 0 Å². The first-order valence-electron chi connectivity index (χ1n) is 6.01. The first kappa shape index (κ1) is 12.3. The van der Waals surface area contributed by atoms with Crippen LogP contribution < -0.4 is 0 Å². The lowest BCUT2D eigenvalue weighted by Crippen LogP contribution is -2.00. The van der Waals surface area contributed by atoms with Gasteiger partial charge in [-0.25, -0.2) is 14.2 Å². The van der Waals surface area contributed by atoms with Gasteiger partial charge in [0.15, 0.2) is 0 Å². The Balaban J connectivity index is 2.09. The predicted molar refractivity (Wildman–Crippen MR) is 72.8 cm³/mol. The Morgan fingerprint density at radius 1 is 1.25 bits per heavy atom. The molecule has 0 aliphatic carbocycles. The topological polar surface area (TPSA) is 55.0 Å². The maximum Gasteiger partial charge on any atom is 0.337 e. The molecular weight excluding hydrogens is 259 g/mol. The number of aromatic nitrogens is 2. The van der Waals surface area contributed by atoms with Crippen LogP contribution in [0.4, 0.5) is 4.39 Å². The number of rotatable bonds is 2. The third-order valence-electron chi connectivity index (χ3n) is 3.00. The summed E-state index contributed by atoms with van der Waals surface area (Å²) < 4.78 is 17.9. The number of benzene rings is 2. The molecule has 0 saturated carbocycles. The summed E-state index contributed by atoms with van der Waals surface area (Å²) in [5, 5.41) is 0. The van der Waals surface area contributed by atoms with Crippen molar-refractivity contribution in [1.82, 2.24) is 9.97 Å². The average molecular weight is 270 g/mol. The van der Waals surface area contributed by atoms with Gasteiger partial charge in [-0.1, -0.05) is 12.1 Å². The number of ether oxygens (including phenoxy) is 1. The summed E-state index contributed by atoms with van der Waals surface area (Å²) in [6.45, 7) is 0. The van der Waals surface area contributed by atoms with E-state index < -0.39 is 5.97 Å². The van der Waals surface area contributed by atoms with Gasteiger partial charge in [-0.2, -0.15) is 0 Å². The van der Waals surface area contributed by atoms with Crippen LogP contribution in [0.1, 0.15) is 10.4 Å². The van der Waals surface area contributed by atoms with Gasteiger partial charge in [-0.15, -0.1) is 0 Å². The molecule has 3 aromatic rings. The smallest absolute Gasteiger partial charge is 0.337 e. The quantitative estimate of drug-likeness (QED) is 0.728. The van der Waals surface area contributed by atoms with Gasteiger partial charge in [-0.05, 0) is 30.3 Å². The van der Waals surface area contributed by atoms with Gasteiger partial charge in [0.2, 0.25) is 0 Å². The van der Waals surface area contributed by atoms with Crippen molar-refractivity contribution in [2.45, 2.75) is 0 Å². The second-order valence-electron chi connectivity index (χ2n) is 4.32. The number of esters is 1. The number of imidazole rings is 1. The molecule has 3 rings (SSSR count). The van der Waals surface area contributed by atoms with Crippen molar-refractivity contribution in [2.24, 2.45) is 0 Å². The van der Waals surface area contributed by atoms with E-state index >= 15 is 0 Å². The summed E-state index contributed by atoms with van der Waals surface area (Å²) in [6.07, 6.45) is 0. The lowest BCUT2D eigenvalue weighted by atomic mass is 10.2. The average Bonchev–Trinajstić information content (AvgIpc) is 2.89. The van der Waals surface area contributed by atoms with E-state index in [-0.39, 0.29) is 5.82 Å². The summed E-state index contributed by atoms with van der Waals surface area (Å²) in [7, 11) is 1.33.